The van der Waals surface area contributed by atoms with Gasteiger partial charge in [-0.3, -0.25) is 0 Å². The first-order chi connectivity index (χ1) is 6.33. The SMILES string of the molecule is O/N=C1/[C@H]2C[C@@H]([C@@H]3CC=C[C@@H]32)[C@H]1Cl. The molecule has 0 saturated heterocycles. The Bertz CT molecular complexity index is 299. The molecule has 0 heterocycles. The normalized spacial score (nSPS) is 54.8. The number of fused-ring (bicyclic) bond motifs is 5. The maximum absolute atomic E-state index is 8.86. The first kappa shape index (κ1) is 7.86. The molecule has 0 aromatic carbocycles. The molecule has 0 radical (unpaired) electrons. The van der Waals surface area contributed by atoms with Gasteiger partial charge in [-0.15, -0.1) is 11.6 Å². The predicted molar refractivity (Wildman–Crippen MR) is 51.2 cm³/mol. The molecule has 2 fully saturated rings. The summed E-state index contributed by atoms with van der Waals surface area (Å²) in [6, 6.07) is 0. The van der Waals surface area contributed by atoms with Crippen molar-refractivity contribution in [2.75, 3.05) is 0 Å². The predicted octanol–water partition coefficient (Wildman–Crippen LogP) is 2.27. The van der Waals surface area contributed by atoms with E-state index >= 15 is 0 Å². The van der Waals surface area contributed by atoms with Crippen LogP contribution in [0.2, 0.25) is 0 Å². The van der Waals surface area contributed by atoms with Crippen LogP contribution in [-0.4, -0.2) is 16.3 Å². The average Bonchev–Trinajstić information content (AvgIpc) is 2.71. The fourth-order valence-corrected chi connectivity index (χ4v) is 3.91. The van der Waals surface area contributed by atoms with Crippen molar-refractivity contribution in [1.82, 2.24) is 0 Å². The highest BCUT2D eigenvalue weighted by atomic mass is 35.5. The minimum Gasteiger partial charge on any atom is -0.411 e. The van der Waals surface area contributed by atoms with Gasteiger partial charge in [-0.1, -0.05) is 17.3 Å². The number of allylic oxidation sites excluding steroid dienone is 2. The number of rotatable bonds is 0. The smallest absolute Gasteiger partial charge is 0.0788 e. The van der Waals surface area contributed by atoms with Gasteiger partial charge in [0, 0.05) is 5.92 Å². The number of alkyl halides is 1. The van der Waals surface area contributed by atoms with E-state index in [0.29, 0.717) is 17.8 Å². The van der Waals surface area contributed by atoms with Crippen molar-refractivity contribution in [3.05, 3.63) is 12.2 Å². The van der Waals surface area contributed by atoms with Crippen LogP contribution in [0.3, 0.4) is 0 Å². The van der Waals surface area contributed by atoms with Gasteiger partial charge in [0.15, 0.2) is 0 Å². The molecule has 2 nitrogen and oxygen atoms in total. The summed E-state index contributed by atoms with van der Waals surface area (Å²) in [6.45, 7) is 0. The summed E-state index contributed by atoms with van der Waals surface area (Å²) in [5.41, 5.74) is 0.833. The van der Waals surface area contributed by atoms with Gasteiger partial charge in [0.25, 0.3) is 0 Å². The molecule has 5 atom stereocenters. The van der Waals surface area contributed by atoms with E-state index in [4.69, 9.17) is 16.8 Å². The zero-order valence-corrected chi connectivity index (χ0v) is 7.98. The van der Waals surface area contributed by atoms with Crippen LogP contribution in [0.15, 0.2) is 17.3 Å². The van der Waals surface area contributed by atoms with Crippen LogP contribution >= 0.6 is 11.6 Å². The molecule has 0 aromatic rings. The summed E-state index contributed by atoms with van der Waals surface area (Å²) in [4.78, 5) is 0. The van der Waals surface area contributed by atoms with Gasteiger partial charge in [-0.05, 0) is 30.6 Å². The molecule has 0 amide bonds. The van der Waals surface area contributed by atoms with E-state index in [0.717, 1.165) is 18.1 Å². The van der Waals surface area contributed by atoms with Gasteiger partial charge >= 0.3 is 0 Å². The van der Waals surface area contributed by atoms with Crippen LogP contribution in [0.25, 0.3) is 0 Å². The number of hydrogen-bond acceptors (Lipinski definition) is 2. The lowest BCUT2D eigenvalue weighted by Crippen LogP contribution is -2.33. The lowest BCUT2D eigenvalue weighted by atomic mass is 9.80. The van der Waals surface area contributed by atoms with Crippen LogP contribution < -0.4 is 0 Å². The minimum absolute atomic E-state index is 0.00356. The third-order valence-electron chi connectivity index (χ3n) is 3.96. The van der Waals surface area contributed by atoms with E-state index in [-0.39, 0.29) is 5.38 Å². The van der Waals surface area contributed by atoms with Gasteiger partial charge in [0.05, 0.1) is 11.1 Å². The molecule has 70 valence electrons. The van der Waals surface area contributed by atoms with Crippen LogP contribution in [-0.2, 0) is 0 Å². The van der Waals surface area contributed by atoms with Crippen LogP contribution in [0.5, 0.6) is 0 Å². The van der Waals surface area contributed by atoms with Gasteiger partial charge < -0.3 is 5.21 Å². The van der Waals surface area contributed by atoms with Crippen molar-refractivity contribution in [3.63, 3.8) is 0 Å². The maximum Gasteiger partial charge on any atom is 0.0788 e. The summed E-state index contributed by atoms with van der Waals surface area (Å²) in [5, 5.41) is 12.2. The zero-order valence-electron chi connectivity index (χ0n) is 7.23. The average molecular weight is 198 g/mol. The third kappa shape index (κ3) is 0.824. The Morgan fingerprint density at radius 3 is 3.08 bits per heavy atom. The van der Waals surface area contributed by atoms with Gasteiger partial charge in [0.2, 0.25) is 0 Å². The van der Waals surface area contributed by atoms with Crippen molar-refractivity contribution >= 4 is 17.3 Å². The standard InChI is InChI=1S/C10H12ClNO/c11-9-7-4-8(10(9)12-13)6-3-1-2-5(6)7/h1,3,5-9,13H,2,4H2/b12-10-/t5-,6+,7+,8+,9-/m1/s1. The molecule has 2 saturated carbocycles. The topological polar surface area (TPSA) is 32.6 Å². The Hall–Kier alpha value is -0.500. The first-order valence-corrected chi connectivity index (χ1v) is 5.29. The Morgan fingerprint density at radius 1 is 1.46 bits per heavy atom. The lowest BCUT2D eigenvalue weighted by Gasteiger charge is -2.28. The molecule has 3 rings (SSSR count). The summed E-state index contributed by atoms with van der Waals surface area (Å²) in [7, 11) is 0. The van der Waals surface area contributed by atoms with Crippen LogP contribution in [0.4, 0.5) is 0 Å². The molecule has 0 spiro atoms. The summed E-state index contributed by atoms with van der Waals surface area (Å²) < 4.78 is 0. The number of nitrogens with zero attached hydrogens (tertiary/aromatic N) is 1. The largest absolute Gasteiger partial charge is 0.411 e. The Balaban J connectivity index is 1.99. The van der Waals surface area contributed by atoms with Crippen molar-refractivity contribution < 1.29 is 5.21 Å². The van der Waals surface area contributed by atoms with E-state index in [2.05, 4.69) is 17.3 Å². The fourth-order valence-electron chi connectivity index (χ4n) is 3.42. The Labute approximate surface area is 82.3 Å². The highest BCUT2D eigenvalue weighted by Crippen LogP contribution is 2.56. The van der Waals surface area contributed by atoms with Crippen molar-refractivity contribution in [3.8, 4) is 0 Å². The van der Waals surface area contributed by atoms with Crippen molar-refractivity contribution in [1.29, 1.82) is 0 Å². The number of hydrogen-bond donors (Lipinski definition) is 1. The molecule has 3 aliphatic carbocycles. The van der Waals surface area contributed by atoms with Gasteiger partial charge in [0.1, 0.15) is 0 Å². The van der Waals surface area contributed by atoms with Crippen molar-refractivity contribution in [2.45, 2.75) is 18.2 Å². The van der Waals surface area contributed by atoms with Gasteiger partial charge in [-0.25, -0.2) is 0 Å². The van der Waals surface area contributed by atoms with E-state index in [1.807, 2.05) is 0 Å². The van der Waals surface area contributed by atoms with E-state index in [1.54, 1.807) is 0 Å². The monoisotopic (exact) mass is 197 g/mol. The van der Waals surface area contributed by atoms with Crippen LogP contribution in [0, 0.1) is 23.7 Å². The second-order valence-electron chi connectivity index (χ2n) is 4.34. The highest BCUT2D eigenvalue weighted by Gasteiger charge is 2.56. The summed E-state index contributed by atoms with van der Waals surface area (Å²) in [6.07, 6.45) is 6.84. The third-order valence-corrected chi connectivity index (χ3v) is 4.50. The quantitative estimate of drug-likeness (QED) is 0.275. The lowest BCUT2D eigenvalue weighted by molar-refractivity contribution is 0.301. The highest BCUT2D eigenvalue weighted by molar-refractivity contribution is 6.33. The second kappa shape index (κ2) is 2.50. The molecule has 1 N–H and O–H groups in total. The molecule has 0 aromatic heterocycles. The molecule has 3 aliphatic rings. The first-order valence-electron chi connectivity index (χ1n) is 4.85. The van der Waals surface area contributed by atoms with Crippen LogP contribution in [0.1, 0.15) is 12.8 Å². The van der Waals surface area contributed by atoms with Gasteiger partial charge in [-0.2, -0.15) is 0 Å². The molecule has 3 heteroatoms. The molecular weight excluding hydrogens is 186 g/mol. The Kier molecular flexibility index (Phi) is 1.51. The minimum atomic E-state index is -0.00356. The number of oxime groups is 1. The van der Waals surface area contributed by atoms with E-state index in [1.165, 1.54) is 6.42 Å². The van der Waals surface area contributed by atoms with E-state index in [9.17, 15) is 0 Å². The summed E-state index contributed by atoms with van der Waals surface area (Å²) >= 11 is 6.22. The second-order valence-corrected chi connectivity index (χ2v) is 4.81. The summed E-state index contributed by atoms with van der Waals surface area (Å²) in [5.74, 6) is 2.34. The molecule has 13 heavy (non-hydrogen) atoms. The fraction of sp³-hybridized carbons (Fsp3) is 0.700. The van der Waals surface area contributed by atoms with E-state index < -0.39 is 0 Å². The number of halogens is 1. The molecule has 0 aliphatic heterocycles. The van der Waals surface area contributed by atoms with Crippen molar-refractivity contribution in [2.24, 2.45) is 28.8 Å². The zero-order chi connectivity index (χ0) is 9.00. The molecular formula is C10H12ClNO. The maximum atomic E-state index is 8.86. The molecule has 2 bridgehead atoms. The molecule has 0 unspecified atom stereocenters. The Morgan fingerprint density at radius 2 is 2.31 bits per heavy atom.